The Morgan fingerprint density at radius 3 is 2.44 bits per heavy atom. The summed E-state index contributed by atoms with van der Waals surface area (Å²) >= 11 is 3.55. The van der Waals surface area contributed by atoms with Crippen LogP contribution in [0.25, 0.3) is 10.9 Å². The number of hydrogen-bond acceptors (Lipinski definition) is 7. The zero-order valence-electron chi connectivity index (χ0n) is 19.3. The summed E-state index contributed by atoms with van der Waals surface area (Å²) in [5.41, 5.74) is 2.45. The van der Waals surface area contributed by atoms with Crippen molar-refractivity contribution in [3.05, 3.63) is 40.4 Å². The lowest BCUT2D eigenvalue weighted by atomic mass is 10.1. The number of nitroso groups, excluding NO2 is 1. The smallest absolute Gasteiger partial charge is 0.270 e. The summed E-state index contributed by atoms with van der Waals surface area (Å²) in [5.74, 6) is 5.81. The van der Waals surface area contributed by atoms with Crippen molar-refractivity contribution in [2.75, 3.05) is 25.4 Å². The summed E-state index contributed by atoms with van der Waals surface area (Å²) in [4.78, 5) is 45.3. The Morgan fingerprint density at radius 2 is 2.00 bits per heavy atom. The van der Waals surface area contributed by atoms with Crippen molar-refractivity contribution in [1.82, 2.24) is 15.2 Å². The molecule has 1 aromatic carbocycles. The van der Waals surface area contributed by atoms with E-state index < -0.39 is 0 Å². The van der Waals surface area contributed by atoms with Crippen LogP contribution in [0.4, 0.5) is 0 Å². The molecule has 2 unspecified atom stereocenters. The van der Waals surface area contributed by atoms with Gasteiger partial charge in [0.25, 0.3) is 5.91 Å². The number of hydrogen-bond donors (Lipinski definition) is 4. The van der Waals surface area contributed by atoms with Crippen LogP contribution >= 0.6 is 12.6 Å². The van der Waals surface area contributed by atoms with Gasteiger partial charge in [0.05, 0.1) is 11.6 Å². The van der Waals surface area contributed by atoms with Crippen LogP contribution in [0, 0.1) is 33.5 Å². The Balaban J connectivity index is 0.000000260. The molecular weight excluding hydrogens is 456 g/mol. The molecule has 5 rings (SSSR count). The average Bonchev–Trinajstić information content (AvgIpc) is 3.42. The van der Waals surface area contributed by atoms with Crippen molar-refractivity contribution in [3.63, 3.8) is 0 Å². The van der Waals surface area contributed by atoms with Gasteiger partial charge in [-0.3, -0.25) is 15.4 Å². The largest absolute Gasteiger partial charge is 0.356 e. The molecule has 0 radical (unpaired) electrons. The molecule has 3 aliphatic rings. The summed E-state index contributed by atoms with van der Waals surface area (Å²) in [6, 6.07) is 9.49. The third-order valence-electron chi connectivity index (χ3n) is 6.40. The van der Waals surface area contributed by atoms with Gasteiger partial charge in [0, 0.05) is 48.0 Å². The zero-order valence-corrected chi connectivity index (χ0v) is 20.2. The summed E-state index contributed by atoms with van der Waals surface area (Å²) < 4.78 is 0. The molecule has 10 nitrogen and oxygen atoms in total. The molecule has 11 heteroatoms. The number of fused-ring (bicyclic) bond motifs is 2. The first kappa shape index (κ1) is 26.9. The number of amides is 2. The normalized spacial score (nSPS) is 20.6. The van der Waals surface area contributed by atoms with Crippen molar-refractivity contribution in [1.29, 1.82) is 5.26 Å². The topological polar surface area (TPSA) is 162 Å². The number of aromatic amines is 1. The number of piperidine rings is 1. The number of nitrogens with two attached hydrogens (primary N) is 1. The number of nitriles is 1. The molecule has 2 amide bonds. The van der Waals surface area contributed by atoms with E-state index in [9.17, 15) is 9.59 Å². The van der Waals surface area contributed by atoms with Gasteiger partial charge in [0.1, 0.15) is 12.0 Å². The molecule has 2 atom stereocenters. The predicted molar refractivity (Wildman–Crippen MR) is 132 cm³/mol. The second kappa shape index (κ2) is 12.2. The van der Waals surface area contributed by atoms with Gasteiger partial charge in [-0.2, -0.15) is 17.9 Å². The minimum Gasteiger partial charge on any atom is -0.356 e. The molecule has 1 aromatic heterocycles. The summed E-state index contributed by atoms with van der Waals surface area (Å²) in [6.45, 7) is 7.17. The van der Waals surface area contributed by atoms with Gasteiger partial charge in [0.15, 0.2) is 0 Å². The van der Waals surface area contributed by atoms with E-state index in [2.05, 4.69) is 48.7 Å². The third-order valence-corrected chi connectivity index (χ3v) is 6.55. The van der Waals surface area contributed by atoms with E-state index in [4.69, 9.17) is 15.0 Å². The van der Waals surface area contributed by atoms with Crippen molar-refractivity contribution in [3.8, 4) is 6.07 Å². The molecule has 0 spiro atoms. The monoisotopic (exact) mass is 486 g/mol. The first-order valence-corrected chi connectivity index (χ1v) is 11.5. The molecule has 0 bridgehead atoms. The Morgan fingerprint density at radius 1 is 1.38 bits per heavy atom. The van der Waals surface area contributed by atoms with Gasteiger partial charge in [0.2, 0.25) is 5.91 Å². The SMILES string of the molecule is CC1(C)C2CN(C(=O)c3cc4c(C#N)cccc4[nH]3)CC21.NN=O.O=C1CCCN1.O=CCS. The average molecular weight is 487 g/mol. The minimum atomic E-state index is 0.0538. The van der Waals surface area contributed by atoms with Crippen LogP contribution in [0.3, 0.4) is 0 Å². The molecule has 2 saturated heterocycles. The predicted octanol–water partition coefficient (Wildman–Crippen LogP) is 2.41. The molecule has 1 aliphatic carbocycles. The number of benzene rings is 1. The van der Waals surface area contributed by atoms with Gasteiger partial charge in [-0.25, -0.2) is 0 Å². The molecule has 2 aromatic rings. The molecule has 1 saturated carbocycles. The number of nitrogens with zero attached hydrogens (tertiary/aromatic N) is 3. The second-order valence-corrected chi connectivity index (χ2v) is 9.08. The van der Waals surface area contributed by atoms with E-state index in [-0.39, 0.29) is 11.8 Å². The fourth-order valence-electron chi connectivity index (χ4n) is 4.40. The van der Waals surface area contributed by atoms with E-state index in [0.29, 0.717) is 34.3 Å². The lowest BCUT2D eigenvalue weighted by molar-refractivity contribution is -0.119. The Labute approximate surface area is 203 Å². The number of carbonyl (C=O) groups excluding carboxylic acids is 3. The number of likely N-dealkylation sites (tertiary alicyclic amines) is 1. The highest BCUT2D eigenvalue weighted by Crippen LogP contribution is 2.62. The van der Waals surface area contributed by atoms with E-state index in [1.807, 2.05) is 23.1 Å². The molecule has 4 N–H and O–H groups in total. The molecule has 182 valence electrons. The number of aromatic nitrogens is 1. The standard InChI is InChI=1S/C17H17N3O.C4H7NO.C2H4OS.H2N2O/c1-17(2)12-8-20(9-13(12)17)16(21)15-6-11-10(7-18)4-3-5-14(11)19-15;6-4-2-1-3-5-4;3-1-2-4;1-2-3/h3-6,12-13,19H,8-9H2,1-2H3;1-3H2,(H,5,6);1,4H,2H2;(H2,1,3). The van der Waals surface area contributed by atoms with E-state index in [1.165, 1.54) is 0 Å². The van der Waals surface area contributed by atoms with Crippen molar-refractivity contribution < 1.29 is 14.4 Å². The number of rotatable bonds is 2. The highest BCUT2D eigenvalue weighted by molar-refractivity contribution is 7.80. The maximum absolute atomic E-state index is 12.6. The van der Waals surface area contributed by atoms with E-state index in [0.717, 1.165) is 49.7 Å². The number of aldehydes is 1. The first-order chi connectivity index (χ1) is 16.2. The highest BCUT2D eigenvalue weighted by Gasteiger charge is 2.62. The van der Waals surface area contributed by atoms with Crippen LogP contribution in [-0.4, -0.2) is 53.4 Å². The Kier molecular flexibility index (Phi) is 9.62. The second-order valence-electron chi connectivity index (χ2n) is 8.71. The molecule has 2 aliphatic heterocycles. The molecule has 3 heterocycles. The molecule has 34 heavy (non-hydrogen) atoms. The van der Waals surface area contributed by atoms with Crippen molar-refractivity contribution in [2.45, 2.75) is 26.7 Å². The summed E-state index contributed by atoms with van der Waals surface area (Å²) in [7, 11) is 0. The maximum Gasteiger partial charge on any atom is 0.270 e. The fraction of sp³-hybridized carbons (Fsp3) is 0.478. The number of carbonyl (C=O) groups is 3. The van der Waals surface area contributed by atoms with Crippen molar-refractivity contribution >= 4 is 41.6 Å². The Hall–Kier alpha value is -3.39. The fourth-order valence-corrected chi connectivity index (χ4v) is 4.40. The van der Waals surface area contributed by atoms with Crippen LogP contribution < -0.4 is 11.2 Å². The minimum absolute atomic E-state index is 0.0538. The van der Waals surface area contributed by atoms with E-state index in [1.54, 1.807) is 11.4 Å². The highest BCUT2D eigenvalue weighted by atomic mass is 32.1. The summed E-state index contributed by atoms with van der Waals surface area (Å²) in [5, 5.41) is 14.4. The van der Waals surface area contributed by atoms with E-state index >= 15 is 0 Å². The van der Waals surface area contributed by atoms with Gasteiger partial charge < -0.3 is 20.0 Å². The number of H-pyrrole nitrogens is 1. The molecule has 3 fully saturated rings. The first-order valence-electron chi connectivity index (χ1n) is 10.9. The third kappa shape index (κ3) is 6.35. The summed E-state index contributed by atoms with van der Waals surface area (Å²) in [6.07, 6.45) is 2.50. The van der Waals surface area contributed by atoms with Crippen LogP contribution in [0.2, 0.25) is 0 Å². The Bertz CT molecular complexity index is 1060. The van der Waals surface area contributed by atoms with Gasteiger partial charge in [-0.1, -0.05) is 19.9 Å². The number of nitrogens with one attached hydrogen (secondary N) is 2. The number of thiol groups is 1. The van der Waals surface area contributed by atoms with Crippen molar-refractivity contribution in [2.24, 2.45) is 28.4 Å². The van der Waals surface area contributed by atoms with Gasteiger partial charge in [-0.15, -0.1) is 4.91 Å². The maximum atomic E-state index is 12.6. The van der Waals surface area contributed by atoms with Gasteiger partial charge >= 0.3 is 0 Å². The quantitative estimate of drug-likeness (QED) is 0.167. The zero-order chi connectivity index (χ0) is 25.3. The van der Waals surface area contributed by atoms with Crippen LogP contribution in [0.1, 0.15) is 42.7 Å². The van der Waals surface area contributed by atoms with Crippen LogP contribution in [-0.2, 0) is 9.59 Å². The van der Waals surface area contributed by atoms with Crippen LogP contribution in [0.15, 0.2) is 29.6 Å². The molecular formula is C23H30N6O4S. The lowest BCUT2D eigenvalue weighted by Gasteiger charge is -2.21. The van der Waals surface area contributed by atoms with Crippen LogP contribution in [0.5, 0.6) is 0 Å². The lowest BCUT2D eigenvalue weighted by Crippen LogP contribution is -2.33. The van der Waals surface area contributed by atoms with Gasteiger partial charge in [-0.05, 0) is 41.9 Å².